The lowest BCUT2D eigenvalue weighted by atomic mass is 10.1. The zero-order valence-corrected chi connectivity index (χ0v) is 9.59. The van der Waals surface area contributed by atoms with E-state index in [9.17, 15) is 5.11 Å². The topological polar surface area (TPSA) is 40.5 Å². The molecule has 0 heterocycles. The summed E-state index contributed by atoms with van der Waals surface area (Å²) in [6.45, 7) is 1.94. The molecular weight excluding hydrogens is 212 g/mol. The molecule has 2 N–H and O–H groups in total. The molecule has 0 saturated carbocycles. The lowest BCUT2D eigenvalue weighted by molar-refractivity contribution is 0.474. The Hall–Kier alpha value is -2.22. The number of rotatable bonds is 2. The van der Waals surface area contributed by atoms with E-state index < -0.39 is 0 Å². The third-order valence-corrected chi connectivity index (χ3v) is 2.45. The highest BCUT2D eigenvalue weighted by atomic mass is 16.3. The summed E-state index contributed by atoms with van der Waals surface area (Å²) < 4.78 is 0. The monoisotopic (exact) mass is 226 g/mol. The molecule has 0 bridgehead atoms. The van der Waals surface area contributed by atoms with Gasteiger partial charge in [-0.1, -0.05) is 30.4 Å². The van der Waals surface area contributed by atoms with Crippen molar-refractivity contribution < 1.29 is 10.2 Å². The lowest BCUT2D eigenvalue weighted by Gasteiger charge is -1.99. The van der Waals surface area contributed by atoms with Crippen molar-refractivity contribution in [3.63, 3.8) is 0 Å². The number of aromatic hydroxyl groups is 2. The van der Waals surface area contributed by atoms with Crippen LogP contribution in [-0.2, 0) is 0 Å². The largest absolute Gasteiger partial charge is 0.508 e. The normalized spacial score (nSPS) is 10.9. The Morgan fingerprint density at radius 3 is 2.06 bits per heavy atom. The summed E-state index contributed by atoms with van der Waals surface area (Å²) in [5, 5.41) is 18.6. The summed E-state index contributed by atoms with van der Waals surface area (Å²) in [6, 6.07) is 12.4. The first-order valence-electron chi connectivity index (χ1n) is 5.41. The lowest BCUT2D eigenvalue weighted by Crippen LogP contribution is -1.77. The van der Waals surface area contributed by atoms with Crippen LogP contribution in [0.2, 0.25) is 0 Å². The Morgan fingerprint density at radius 1 is 0.765 bits per heavy atom. The minimum Gasteiger partial charge on any atom is -0.508 e. The Kier molecular flexibility index (Phi) is 3.15. The highest BCUT2D eigenvalue weighted by Gasteiger charge is 1.94. The molecule has 2 heteroatoms. The molecule has 86 valence electrons. The Labute approximate surface area is 100 Å². The molecule has 0 saturated heterocycles. The van der Waals surface area contributed by atoms with E-state index in [4.69, 9.17) is 5.11 Å². The van der Waals surface area contributed by atoms with Gasteiger partial charge in [-0.2, -0.15) is 0 Å². The van der Waals surface area contributed by atoms with Gasteiger partial charge in [-0.05, 0) is 47.9 Å². The predicted molar refractivity (Wildman–Crippen MR) is 69.9 cm³/mol. The molecule has 2 aromatic rings. The van der Waals surface area contributed by atoms with Crippen molar-refractivity contribution in [1.29, 1.82) is 0 Å². The molecule has 0 unspecified atom stereocenters. The van der Waals surface area contributed by atoms with E-state index >= 15 is 0 Å². The van der Waals surface area contributed by atoms with Gasteiger partial charge in [0, 0.05) is 0 Å². The highest BCUT2D eigenvalue weighted by molar-refractivity contribution is 5.70. The van der Waals surface area contributed by atoms with Gasteiger partial charge in [0.2, 0.25) is 0 Å². The number of phenolic OH excluding ortho intramolecular Hbond substituents is 2. The number of benzene rings is 2. The molecular formula is C15H14O2. The fraction of sp³-hybridized carbons (Fsp3) is 0.0667. The Morgan fingerprint density at radius 2 is 1.41 bits per heavy atom. The number of phenols is 2. The van der Waals surface area contributed by atoms with Crippen molar-refractivity contribution in [2.24, 2.45) is 0 Å². The zero-order chi connectivity index (χ0) is 12.3. The third-order valence-electron chi connectivity index (χ3n) is 2.45. The second kappa shape index (κ2) is 4.74. The van der Waals surface area contributed by atoms with Gasteiger partial charge < -0.3 is 10.2 Å². The molecule has 0 spiro atoms. The summed E-state index contributed by atoms with van der Waals surface area (Å²) in [5.41, 5.74) is 2.98. The molecule has 0 fully saturated rings. The molecule has 2 aromatic carbocycles. The van der Waals surface area contributed by atoms with Crippen LogP contribution in [0.25, 0.3) is 12.2 Å². The van der Waals surface area contributed by atoms with Gasteiger partial charge in [0.05, 0.1) is 0 Å². The van der Waals surface area contributed by atoms with Crippen molar-refractivity contribution in [3.8, 4) is 11.5 Å². The Bertz CT molecular complexity index is 519. The first-order valence-corrected chi connectivity index (χ1v) is 5.41. The van der Waals surface area contributed by atoms with Crippen LogP contribution in [0.4, 0.5) is 0 Å². The maximum absolute atomic E-state index is 9.46. The first kappa shape index (κ1) is 11.3. The van der Waals surface area contributed by atoms with Gasteiger partial charge in [-0.25, -0.2) is 0 Å². The van der Waals surface area contributed by atoms with Gasteiger partial charge >= 0.3 is 0 Å². The van der Waals surface area contributed by atoms with Gasteiger partial charge in [0.25, 0.3) is 0 Å². The summed E-state index contributed by atoms with van der Waals surface area (Å²) in [5.74, 6) is 0.533. The molecule has 0 radical (unpaired) electrons. The van der Waals surface area contributed by atoms with Gasteiger partial charge in [0.1, 0.15) is 11.5 Å². The maximum Gasteiger partial charge on any atom is 0.116 e. The predicted octanol–water partition coefficient (Wildman–Crippen LogP) is 3.58. The van der Waals surface area contributed by atoms with E-state index in [1.54, 1.807) is 24.3 Å². The van der Waals surface area contributed by atoms with Crippen LogP contribution >= 0.6 is 0 Å². The quantitative estimate of drug-likeness (QED) is 0.768. The van der Waals surface area contributed by atoms with E-state index in [-0.39, 0.29) is 11.5 Å². The van der Waals surface area contributed by atoms with Crippen LogP contribution in [0, 0.1) is 6.92 Å². The van der Waals surface area contributed by atoms with E-state index in [1.807, 2.05) is 37.3 Å². The summed E-state index contributed by atoms with van der Waals surface area (Å²) in [6.07, 6.45) is 3.87. The second-order valence-electron chi connectivity index (χ2n) is 4.03. The van der Waals surface area contributed by atoms with Gasteiger partial charge in [0.15, 0.2) is 0 Å². The van der Waals surface area contributed by atoms with Crippen LogP contribution in [-0.4, -0.2) is 10.2 Å². The van der Waals surface area contributed by atoms with Crippen molar-refractivity contribution in [2.45, 2.75) is 6.92 Å². The van der Waals surface area contributed by atoms with Crippen molar-refractivity contribution in [1.82, 2.24) is 0 Å². The van der Waals surface area contributed by atoms with Crippen molar-refractivity contribution >= 4 is 12.2 Å². The van der Waals surface area contributed by atoms with E-state index in [0.29, 0.717) is 0 Å². The molecule has 0 amide bonds. The average Bonchev–Trinajstić information content (AvgIpc) is 2.27. The smallest absolute Gasteiger partial charge is 0.116 e. The Balaban J connectivity index is 2.22. The van der Waals surface area contributed by atoms with E-state index in [2.05, 4.69) is 0 Å². The molecule has 2 nitrogen and oxygen atoms in total. The average molecular weight is 226 g/mol. The molecule has 0 aromatic heterocycles. The molecule has 0 atom stereocenters. The van der Waals surface area contributed by atoms with E-state index in [1.165, 1.54) is 0 Å². The first-order chi connectivity index (χ1) is 8.13. The van der Waals surface area contributed by atoms with Crippen LogP contribution in [0.5, 0.6) is 11.5 Å². The molecule has 0 aliphatic heterocycles. The van der Waals surface area contributed by atoms with Gasteiger partial charge in [-0.15, -0.1) is 0 Å². The summed E-state index contributed by atoms with van der Waals surface area (Å²) in [4.78, 5) is 0. The molecule has 17 heavy (non-hydrogen) atoms. The zero-order valence-electron chi connectivity index (χ0n) is 9.59. The SMILES string of the molecule is Cc1cc(O)cc(/C=C/c2ccc(O)cc2)c1. The van der Waals surface area contributed by atoms with Crippen molar-refractivity contribution in [2.75, 3.05) is 0 Å². The number of hydrogen-bond donors (Lipinski definition) is 2. The van der Waals surface area contributed by atoms with Crippen LogP contribution < -0.4 is 0 Å². The standard InChI is InChI=1S/C15H14O2/c1-11-8-13(10-15(17)9-11)3-2-12-4-6-14(16)7-5-12/h2-10,16-17H,1H3/b3-2+. The maximum atomic E-state index is 9.46. The second-order valence-corrected chi connectivity index (χ2v) is 4.03. The fourth-order valence-electron chi connectivity index (χ4n) is 1.67. The molecule has 0 aliphatic rings. The fourth-order valence-corrected chi connectivity index (χ4v) is 1.67. The van der Waals surface area contributed by atoms with Crippen LogP contribution in [0.3, 0.4) is 0 Å². The number of hydrogen-bond acceptors (Lipinski definition) is 2. The highest BCUT2D eigenvalue weighted by Crippen LogP contribution is 2.18. The minimum absolute atomic E-state index is 0.260. The van der Waals surface area contributed by atoms with E-state index in [0.717, 1.165) is 16.7 Å². The number of aryl methyl sites for hydroxylation is 1. The van der Waals surface area contributed by atoms with Crippen LogP contribution in [0.1, 0.15) is 16.7 Å². The van der Waals surface area contributed by atoms with Crippen LogP contribution in [0.15, 0.2) is 42.5 Å². The summed E-state index contributed by atoms with van der Waals surface area (Å²) >= 11 is 0. The molecule has 0 aliphatic carbocycles. The minimum atomic E-state index is 0.260. The molecule has 2 rings (SSSR count). The van der Waals surface area contributed by atoms with Gasteiger partial charge in [-0.3, -0.25) is 0 Å². The third kappa shape index (κ3) is 3.11. The van der Waals surface area contributed by atoms with Crippen molar-refractivity contribution in [3.05, 3.63) is 59.2 Å². The summed E-state index contributed by atoms with van der Waals surface area (Å²) in [7, 11) is 0.